The maximum absolute atomic E-state index is 12.2. The SMILES string of the molecule is CCn1cc(C(=O)Oc2cccc(-c3nc(C)cc(=O)[nH]3)c2)cn1. The fourth-order valence-corrected chi connectivity index (χ4v) is 2.23. The number of hydrogen-bond donors (Lipinski definition) is 1. The smallest absolute Gasteiger partial charge is 0.346 e. The van der Waals surface area contributed by atoms with E-state index in [1.54, 1.807) is 42.1 Å². The van der Waals surface area contributed by atoms with Crippen LogP contribution in [0.3, 0.4) is 0 Å². The number of benzene rings is 1. The molecule has 0 aliphatic rings. The van der Waals surface area contributed by atoms with Gasteiger partial charge in [-0.25, -0.2) is 9.78 Å². The van der Waals surface area contributed by atoms with Crippen LogP contribution in [-0.4, -0.2) is 25.7 Å². The number of aromatic nitrogens is 4. The summed E-state index contributed by atoms with van der Waals surface area (Å²) in [6.45, 7) is 4.35. The molecule has 0 spiro atoms. The number of nitrogens with zero attached hydrogens (tertiary/aromatic N) is 3. The predicted octanol–water partition coefficient (Wildman–Crippen LogP) is 2.18. The topological polar surface area (TPSA) is 89.9 Å². The van der Waals surface area contributed by atoms with E-state index in [4.69, 9.17) is 4.74 Å². The molecule has 7 heteroatoms. The molecule has 0 aliphatic heterocycles. The second-order valence-corrected chi connectivity index (χ2v) is 5.24. The molecule has 0 atom stereocenters. The summed E-state index contributed by atoms with van der Waals surface area (Å²) in [5.74, 6) is 0.306. The Labute approximate surface area is 137 Å². The van der Waals surface area contributed by atoms with E-state index < -0.39 is 5.97 Å². The molecule has 0 aliphatic carbocycles. The molecule has 0 bridgehead atoms. The number of ether oxygens (including phenoxy) is 1. The summed E-state index contributed by atoms with van der Waals surface area (Å²) in [5.41, 5.74) is 1.42. The van der Waals surface area contributed by atoms with E-state index in [0.29, 0.717) is 34.9 Å². The summed E-state index contributed by atoms with van der Waals surface area (Å²) < 4.78 is 7.02. The largest absolute Gasteiger partial charge is 0.423 e. The van der Waals surface area contributed by atoms with Crippen LogP contribution in [0, 0.1) is 6.92 Å². The first-order valence-corrected chi connectivity index (χ1v) is 7.48. The molecule has 122 valence electrons. The number of carbonyl (C=O) groups excluding carboxylic acids is 1. The van der Waals surface area contributed by atoms with Crippen LogP contribution in [0.2, 0.25) is 0 Å². The van der Waals surface area contributed by atoms with Gasteiger partial charge in [0.05, 0.1) is 11.8 Å². The molecule has 0 amide bonds. The van der Waals surface area contributed by atoms with Crippen molar-refractivity contribution in [3.05, 3.63) is 64.3 Å². The zero-order chi connectivity index (χ0) is 17.1. The molecule has 0 saturated carbocycles. The number of aromatic amines is 1. The van der Waals surface area contributed by atoms with Crippen molar-refractivity contribution in [2.75, 3.05) is 0 Å². The Kier molecular flexibility index (Phi) is 4.24. The van der Waals surface area contributed by atoms with E-state index in [9.17, 15) is 9.59 Å². The number of H-pyrrole nitrogens is 1. The minimum Gasteiger partial charge on any atom is -0.423 e. The fraction of sp³-hybridized carbons (Fsp3) is 0.176. The number of esters is 1. The third-order valence-electron chi connectivity index (χ3n) is 3.38. The van der Waals surface area contributed by atoms with Crippen molar-refractivity contribution in [2.24, 2.45) is 0 Å². The van der Waals surface area contributed by atoms with Gasteiger partial charge in [0.15, 0.2) is 0 Å². The first-order valence-electron chi connectivity index (χ1n) is 7.48. The summed E-state index contributed by atoms with van der Waals surface area (Å²) in [7, 11) is 0. The summed E-state index contributed by atoms with van der Waals surface area (Å²) in [6, 6.07) is 8.25. The Bertz CT molecular complexity index is 943. The fourth-order valence-electron chi connectivity index (χ4n) is 2.23. The van der Waals surface area contributed by atoms with Crippen LogP contribution in [0.4, 0.5) is 0 Å². The van der Waals surface area contributed by atoms with E-state index in [1.807, 2.05) is 6.92 Å². The van der Waals surface area contributed by atoms with Crippen LogP contribution in [0.5, 0.6) is 5.75 Å². The van der Waals surface area contributed by atoms with Gasteiger partial charge in [0, 0.05) is 30.1 Å². The van der Waals surface area contributed by atoms with Gasteiger partial charge in [-0.15, -0.1) is 0 Å². The zero-order valence-corrected chi connectivity index (χ0v) is 13.3. The molecular weight excluding hydrogens is 308 g/mol. The predicted molar refractivity (Wildman–Crippen MR) is 87.9 cm³/mol. The Hall–Kier alpha value is -3.22. The number of rotatable bonds is 4. The lowest BCUT2D eigenvalue weighted by Crippen LogP contribution is -2.09. The Morgan fingerprint density at radius 2 is 2.17 bits per heavy atom. The number of hydrogen-bond acceptors (Lipinski definition) is 5. The van der Waals surface area contributed by atoms with Crippen molar-refractivity contribution >= 4 is 5.97 Å². The van der Waals surface area contributed by atoms with Gasteiger partial charge in [-0.05, 0) is 26.0 Å². The second-order valence-electron chi connectivity index (χ2n) is 5.24. The summed E-state index contributed by atoms with van der Waals surface area (Å²) in [6.07, 6.45) is 3.10. The molecule has 0 saturated heterocycles. The Morgan fingerprint density at radius 3 is 2.88 bits per heavy atom. The number of aryl methyl sites for hydroxylation is 2. The van der Waals surface area contributed by atoms with E-state index in [0.717, 1.165) is 0 Å². The molecule has 2 aromatic heterocycles. The van der Waals surface area contributed by atoms with E-state index in [1.165, 1.54) is 12.3 Å². The van der Waals surface area contributed by atoms with Crippen LogP contribution >= 0.6 is 0 Å². The van der Waals surface area contributed by atoms with E-state index in [2.05, 4.69) is 15.1 Å². The molecule has 24 heavy (non-hydrogen) atoms. The van der Waals surface area contributed by atoms with Crippen molar-refractivity contribution in [1.29, 1.82) is 0 Å². The third kappa shape index (κ3) is 3.40. The maximum atomic E-state index is 12.2. The molecule has 0 unspecified atom stereocenters. The molecule has 7 nitrogen and oxygen atoms in total. The maximum Gasteiger partial charge on any atom is 0.346 e. The lowest BCUT2D eigenvalue weighted by atomic mass is 10.2. The summed E-state index contributed by atoms with van der Waals surface area (Å²) >= 11 is 0. The monoisotopic (exact) mass is 324 g/mol. The van der Waals surface area contributed by atoms with Gasteiger partial charge < -0.3 is 9.72 Å². The van der Waals surface area contributed by atoms with Crippen molar-refractivity contribution in [3.63, 3.8) is 0 Å². The highest BCUT2D eigenvalue weighted by molar-refractivity contribution is 5.90. The lowest BCUT2D eigenvalue weighted by Gasteiger charge is -2.06. The van der Waals surface area contributed by atoms with Crippen molar-refractivity contribution in [2.45, 2.75) is 20.4 Å². The van der Waals surface area contributed by atoms with Crippen LogP contribution in [0.25, 0.3) is 11.4 Å². The van der Waals surface area contributed by atoms with Crippen molar-refractivity contribution < 1.29 is 9.53 Å². The summed E-state index contributed by atoms with van der Waals surface area (Å²) in [4.78, 5) is 30.7. The van der Waals surface area contributed by atoms with Gasteiger partial charge in [-0.2, -0.15) is 5.10 Å². The summed E-state index contributed by atoms with van der Waals surface area (Å²) in [5, 5.41) is 4.05. The van der Waals surface area contributed by atoms with Crippen LogP contribution < -0.4 is 10.3 Å². The van der Waals surface area contributed by atoms with E-state index in [-0.39, 0.29) is 5.56 Å². The molecule has 0 radical (unpaired) electrons. The molecule has 1 N–H and O–H groups in total. The highest BCUT2D eigenvalue weighted by Gasteiger charge is 2.12. The minimum atomic E-state index is -0.488. The molecule has 3 rings (SSSR count). The van der Waals surface area contributed by atoms with Gasteiger partial charge in [-0.1, -0.05) is 12.1 Å². The molecule has 0 fully saturated rings. The molecule has 3 aromatic rings. The Morgan fingerprint density at radius 1 is 1.33 bits per heavy atom. The van der Waals surface area contributed by atoms with Gasteiger partial charge >= 0.3 is 5.97 Å². The second kappa shape index (κ2) is 6.49. The highest BCUT2D eigenvalue weighted by atomic mass is 16.5. The Balaban J connectivity index is 1.85. The molecular formula is C17H16N4O3. The van der Waals surface area contributed by atoms with Gasteiger partial charge in [0.1, 0.15) is 11.6 Å². The van der Waals surface area contributed by atoms with Crippen LogP contribution in [-0.2, 0) is 6.54 Å². The number of nitrogens with one attached hydrogen (secondary N) is 1. The zero-order valence-electron chi connectivity index (χ0n) is 13.3. The van der Waals surface area contributed by atoms with Crippen LogP contribution in [0.15, 0.2) is 47.5 Å². The van der Waals surface area contributed by atoms with Gasteiger partial charge in [-0.3, -0.25) is 9.48 Å². The average Bonchev–Trinajstić information content (AvgIpc) is 3.03. The van der Waals surface area contributed by atoms with Gasteiger partial charge in [0.2, 0.25) is 0 Å². The highest BCUT2D eigenvalue weighted by Crippen LogP contribution is 2.21. The van der Waals surface area contributed by atoms with Crippen molar-refractivity contribution in [1.82, 2.24) is 19.7 Å². The molecule has 2 heterocycles. The average molecular weight is 324 g/mol. The third-order valence-corrected chi connectivity index (χ3v) is 3.38. The minimum absolute atomic E-state index is 0.230. The first-order chi connectivity index (χ1) is 11.5. The normalized spacial score (nSPS) is 10.6. The van der Waals surface area contributed by atoms with E-state index >= 15 is 0 Å². The first kappa shape index (κ1) is 15.7. The van der Waals surface area contributed by atoms with Gasteiger partial charge in [0.25, 0.3) is 5.56 Å². The quantitative estimate of drug-likeness (QED) is 0.587. The lowest BCUT2D eigenvalue weighted by molar-refractivity contribution is 0.0734. The van der Waals surface area contributed by atoms with Crippen molar-refractivity contribution in [3.8, 4) is 17.1 Å². The van der Waals surface area contributed by atoms with Crippen LogP contribution in [0.1, 0.15) is 23.0 Å². The molecule has 1 aromatic carbocycles. The standard InChI is InChI=1S/C17H16N4O3/c1-3-21-10-13(9-18-21)17(23)24-14-6-4-5-12(8-14)16-19-11(2)7-15(22)20-16/h4-10H,3H2,1-2H3,(H,19,20,22). The number of carbonyl (C=O) groups is 1.